The van der Waals surface area contributed by atoms with Gasteiger partial charge in [0, 0.05) is 23.3 Å². The number of phenols is 3. The second-order valence-corrected chi connectivity index (χ2v) is 8.51. The highest BCUT2D eigenvalue weighted by atomic mass is 16.6. The van der Waals surface area contributed by atoms with Crippen LogP contribution in [0.15, 0.2) is 42.5 Å². The van der Waals surface area contributed by atoms with E-state index in [0.717, 1.165) is 12.1 Å². The molecule has 0 saturated heterocycles. The summed E-state index contributed by atoms with van der Waals surface area (Å²) in [4.78, 5) is 12.9. The number of Topliss-reactive ketones (excluding diaryl/α,β-unsaturated/α-hetero) is 1. The molecule has 0 bridgehead atoms. The number of carbonyl (C=O) groups excluding carboxylic acids is 1. The maximum absolute atomic E-state index is 12.9. The van der Waals surface area contributed by atoms with Gasteiger partial charge in [-0.1, -0.05) is 12.1 Å². The Morgan fingerprint density at radius 2 is 1.59 bits per heavy atom. The fourth-order valence-electron chi connectivity index (χ4n) is 4.54. The number of methoxy groups -OCH3 is 2. The van der Waals surface area contributed by atoms with Gasteiger partial charge in [0.1, 0.15) is 22.8 Å². The molecule has 3 aromatic carbocycles. The van der Waals surface area contributed by atoms with E-state index in [0.29, 0.717) is 5.56 Å². The van der Waals surface area contributed by atoms with E-state index in [-0.39, 0.29) is 51.4 Å². The van der Waals surface area contributed by atoms with Crippen molar-refractivity contribution in [3.63, 3.8) is 0 Å². The predicted octanol–water partition coefficient (Wildman–Crippen LogP) is 2.37. The predicted molar refractivity (Wildman–Crippen MR) is 126 cm³/mol. The van der Waals surface area contributed by atoms with Crippen LogP contribution in [0.5, 0.6) is 46.0 Å². The minimum absolute atomic E-state index is 0.107. The van der Waals surface area contributed by atoms with Gasteiger partial charge in [0.05, 0.1) is 20.8 Å². The number of aromatic hydroxyl groups is 3. The molecule has 11 heteroatoms. The normalized spacial score (nSPS) is 22.1. The van der Waals surface area contributed by atoms with E-state index >= 15 is 0 Å². The summed E-state index contributed by atoms with van der Waals surface area (Å²) in [7, 11) is 2.75. The Morgan fingerprint density at radius 1 is 0.892 bits per heavy atom. The SMILES string of the molecule is COc1cc(C2Oc3c(cccc3[C@H]3Oc4cc(O)cc(O)c4C(=O)[C@@H]3O)OC2CO)cc(OC)c1O. The van der Waals surface area contributed by atoms with Gasteiger partial charge in [-0.3, -0.25) is 4.79 Å². The Morgan fingerprint density at radius 3 is 2.24 bits per heavy atom. The smallest absolute Gasteiger partial charge is 0.202 e. The van der Waals surface area contributed by atoms with E-state index < -0.39 is 42.6 Å². The second kappa shape index (κ2) is 9.26. The van der Waals surface area contributed by atoms with Gasteiger partial charge >= 0.3 is 0 Å². The van der Waals surface area contributed by atoms with Crippen molar-refractivity contribution in [2.75, 3.05) is 20.8 Å². The summed E-state index contributed by atoms with van der Waals surface area (Å²) >= 11 is 0. The largest absolute Gasteiger partial charge is 0.508 e. The highest BCUT2D eigenvalue weighted by Gasteiger charge is 2.43. The zero-order valence-corrected chi connectivity index (χ0v) is 19.7. The number of aliphatic hydroxyl groups excluding tert-OH is 2. The van der Waals surface area contributed by atoms with Crippen molar-refractivity contribution < 1.29 is 54.0 Å². The van der Waals surface area contributed by atoms with Crippen molar-refractivity contribution in [3.8, 4) is 46.0 Å². The van der Waals surface area contributed by atoms with Crippen LogP contribution < -0.4 is 23.7 Å². The van der Waals surface area contributed by atoms with Gasteiger partial charge in [0.15, 0.2) is 47.4 Å². The Balaban J connectivity index is 1.58. The third kappa shape index (κ3) is 3.98. The fourth-order valence-corrected chi connectivity index (χ4v) is 4.54. The molecule has 4 atom stereocenters. The summed E-state index contributed by atoms with van der Waals surface area (Å²) in [6, 6.07) is 9.95. The molecule has 0 aliphatic carbocycles. The maximum Gasteiger partial charge on any atom is 0.202 e. The lowest BCUT2D eigenvalue weighted by molar-refractivity contribution is -0.0180. The van der Waals surface area contributed by atoms with Crippen LogP contribution in [-0.2, 0) is 0 Å². The summed E-state index contributed by atoms with van der Waals surface area (Å²) in [6.07, 6.45) is -4.76. The molecule has 0 aromatic heterocycles. The number of ketones is 1. The first-order valence-corrected chi connectivity index (χ1v) is 11.2. The maximum atomic E-state index is 12.9. The number of aliphatic hydroxyl groups is 2. The van der Waals surface area contributed by atoms with Gasteiger partial charge in [0.25, 0.3) is 0 Å². The third-order valence-corrected chi connectivity index (χ3v) is 6.31. The molecular formula is C26H24O11. The molecule has 0 radical (unpaired) electrons. The first kappa shape index (κ1) is 24.3. The summed E-state index contributed by atoms with van der Waals surface area (Å²) in [5.41, 5.74) is 0.461. The zero-order chi connectivity index (χ0) is 26.4. The lowest BCUT2D eigenvalue weighted by Crippen LogP contribution is -2.39. The van der Waals surface area contributed by atoms with Gasteiger partial charge in [-0.2, -0.15) is 0 Å². The van der Waals surface area contributed by atoms with Crippen LogP contribution in [0, 0.1) is 0 Å². The molecule has 194 valence electrons. The average molecular weight is 512 g/mol. The third-order valence-electron chi connectivity index (χ3n) is 6.31. The van der Waals surface area contributed by atoms with E-state index in [1.54, 1.807) is 18.2 Å². The average Bonchev–Trinajstić information content (AvgIpc) is 2.89. The van der Waals surface area contributed by atoms with Crippen LogP contribution in [0.25, 0.3) is 0 Å². The number of para-hydroxylation sites is 1. The lowest BCUT2D eigenvalue weighted by Gasteiger charge is -2.37. The molecule has 0 saturated carbocycles. The first-order valence-electron chi connectivity index (χ1n) is 11.2. The van der Waals surface area contributed by atoms with Crippen LogP contribution >= 0.6 is 0 Å². The molecule has 2 aliphatic rings. The molecule has 0 fully saturated rings. The van der Waals surface area contributed by atoms with E-state index in [1.165, 1.54) is 26.4 Å². The highest BCUT2D eigenvalue weighted by molar-refractivity contribution is 6.05. The molecule has 2 heterocycles. The van der Waals surface area contributed by atoms with E-state index in [2.05, 4.69) is 0 Å². The Labute approximate surface area is 210 Å². The second-order valence-electron chi connectivity index (χ2n) is 8.51. The molecule has 37 heavy (non-hydrogen) atoms. The van der Waals surface area contributed by atoms with Crippen LogP contribution in [0.1, 0.15) is 33.7 Å². The Hall–Kier alpha value is -4.35. The van der Waals surface area contributed by atoms with Crippen molar-refractivity contribution in [1.82, 2.24) is 0 Å². The van der Waals surface area contributed by atoms with Crippen LogP contribution in [-0.4, -0.2) is 64.4 Å². The molecule has 0 spiro atoms. The van der Waals surface area contributed by atoms with Crippen molar-refractivity contribution in [1.29, 1.82) is 0 Å². The topological polar surface area (TPSA) is 164 Å². The van der Waals surface area contributed by atoms with Crippen LogP contribution in [0.2, 0.25) is 0 Å². The zero-order valence-electron chi connectivity index (χ0n) is 19.7. The van der Waals surface area contributed by atoms with Crippen molar-refractivity contribution in [3.05, 3.63) is 59.2 Å². The number of hydrogen-bond acceptors (Lipinski definition) is 11. The number of rotatable bonds is 5. The molecule has 5 N–H and O–H groups in total. The Bertz CT molecular complexity index is 1340. The molecule has 2 unspecified atom stereocenters. The molecule has 3 aromatic rings. The summed E-state index contributed by atoms with van der Waals surface area (Å²) in [5.74, 6) is -1.35. The molecule has 0 amide bonds. The van der Waals surface area contributed by atoms with E-state index in [9.17, 15) is 30.3 Å². The molecule has 11 nitrogen and oxygen atoms in total. The van der Waals surface area contributed by atoms with Gasteiger partial charge in [-0.25, -0.2) is 0 Å². The number of benzene rings is 3. The van der Waals surface area contributed by atoms with Gasteiger partial charge in [-0.05, 0) is 18.2 Å². The first-order chi connectivity index (χ1) is 17.8. The highest BCUT2D eigenvalue weighted by Crippen LogP contribution is 2.49. The van der Waals surface area contributed by atoms with Crippen LogP contribution in [0.4, 0.5) is 0 Å². The fraction of sp³-hybridized carbons (Fsp3) is 0.269. The molecular weight excluding hydrogens is 488 g/mol. The summed E-state index contributed by atoms with van der Waals surface area (Å²) in [6.45, 7) is -0.424. The number of ether oxygens (including phenoxy) is 5. The lowest BCUT2D eigenvalue weighted by atomic mass is 9.91. The van der Waals surface area contributed by atoms with E-state index in [1.807, 2.05) is 0 Å². The van der Waals surface area contributed by atoms with E-state index in [4.69, 9.17) is 23.7 Å². The molecule has 2 aliphatic heterocycles. The van der Waals surface area contributed by atoms with Crippen molar-refractivity contribution >= 4 is 5.78 Å². The number of hydrogen-bond donors (Lipinski definition) is 5. The van der Waals surface area contributed by atoms with Crippen molar-refractivity contribution in [2.45, 2.75) is 24.4 Å². The number of fused-ring (bicyclic) bond motifs is 2. The molecule has 5 rings (SSSR count). The quantitative estimate of drug-likeness (QED) is 0.341. The minimum atomic E-state index is -1.71. The van der Waals surface area contributed by atoms with Gasteiger partial charge in [0.2, 0.25) is 11.5 Å². The summed E-state index contributed by atoms with van der Waals surface area (Å²) in [5, 5.41) is 51.2. The number of phenolic OH excluding ortho intramolecular Hbond substituents is 3. The number of carbonyl (C=O) groups is 1. The van der Waals surface area contributed by atoms with Gasteiger partial charge in [-0.15, -0.1) is 0 Å². The van der Waals surface area contributed by atoms with Crippen LogP contribution in [0.3, 0.4) is 0 Å². The minimum Gasteiger partial charge on any atom is -0.508 e. The summed E-state index contributed by atoms with van der Waals surface area (Å²) < 4.78 is 28.6. The standard InChI is InChI=1S/C26H24O11/c1-33-17-6-11(7-18(34-2)21(17)30)24-19(10-27)35-15-5-3-4-13(25(15)37-24)26-23(32)22(31)20-14(29)8-12(28)9-16(20)36-26/h3-9,19,23-24,26-30,32H,10H2,1-2H3/t19?,23-,24?,26+/m0/s1. The van der Waals surface area contributed by atoms with Crippen molar-refractivity contribution in [2.24, 2.45) is 0 Å². The Kier molecular flexibility index (Phi) is 6.10. The van der Waals surface area contributed by atoms with Gasteiger partial charge < -0.3 is 49.2 Å². The monoisotopic (exact) mass is 512 g/mol.